The van der Waals surface area contributed by atoms with Crippen molar-refractivity contribution in [2.24, 2.45) is 17.9 Å². The smallest absolute Gasteiger partial charge is 0.329 e. The number of carbonyl (C=O) groups is 2. The van der Waals surface area contributed by atoms with Crippen molar-refractivity contribution in [1.82, 2.24) is 33.9 Å². The van der Waals surface area contributed by atoms with Crippen LogP contribution in [0, 0.1) is 33.8 Å². The largest absolute Gasteiger partial charge is 0.453 e. The van der Waals surface area contributed by atoms with Gasteiger partial charge in [0.15, 0.2) is 17.4 Å². The van der Waals surface area contributed by atoms with Gasteiger partial charge in [-0.2, -0.15) is 10.4 Å². The normalized spacial score (nSPS) is 20.9. The Bertz CT molecular complexity index is 2730. The molecule has 0 bridgehead atoms. The second-order valence-electron chi connectivity index (χ2n) is 17.5. The van der Waals surface area contributed by atoms with Crippen molar-refractivity contribution in [1.29, 1.82) is 5.26 Å². The highest BCUT2D eigenvalue weighted by atomic mass is 32.2. The van der Waals surface area contributed by atoms with Gasteiger partial charge in [-0.1, -0.05) is 6.92 Å². The van der Waals surface area contributed by atoms with Crippen LogP contribution in [0.1, 0.15) is 57.1 Å². The van der Waals surface area contributed by atoms with Crippen LogP contribution in [0.25, 0.3) is 21.8 Å². The van der Waals surface area contributed by atoms with Crippen LogP contribution in [-0.4, -0.2) is 92.8 Å². The number of benzene rings is 3. The van der Waals surface area contributed by atoms with E-state index in [0.717, 1.165) is 70.3 Å². The van der Waals surface area contributed by atoms with Gasteiger partial charge in [0, 0.05) is 81.2 Å². The van der Waals surface area contributed by atoms with Gasteiger partial charge in [-0.15, -0.1) is 0 Å². The minimum Gasteiger partial charge on any atom is -0.453 e. The number of urea groups is 1. The lowest BCUT2D eigenvalue weighted by atomic mass is 9.60. The number of hydrogen-bond donors (Lipinski definition) is 2. The number of ether oxygens (including phenoxy) is 1. The quantitative estimate of drug-likeness (QED) is 0.152. The summed E-state index contributed by atoms with van der Waals surface area (Å²) in [6, 6.07) is 12.9. The third-order valence-corrected chi connectivity index (χ3v) is 14.5. The van der Waals surface area contributed by atoms with Crippen molar-refractivity contribution >= 4 is 63.1 Å². The molecule has 2 N–H and O–H groups in total. The number of nitrogens with one attached hydrogen (secondary N) is 2. The molecule has 15 nitrogen and oxygen atoms in total. The van der Waals surface area contributed by atoms with Gasteiger partial charge >= 0.3 is 6.03 Å². The molecule has 2 spiro atoms. The third-order valence-electron chi connectivity index (χ3n) is 13.6. The van der Waals surface area contributed by atoms with Crippen LogP contribution in [0.4, 0.5) is 30.8 Å². The summed E-state index contributed by atoms with van der Waals surface area (Å²) in [5.74, 6) is -1.02. The van der Waals surface area contributed by atoms with E-state index in [2.05, 4.69) is 36.0 Å². The van der Waals surface area contributed by atoms with E-state index in [1.807, 2.05) is 24.3 Å². The maximum atomic E-state index is 15.7. The average molecular weight is 850 g/mol. The Hall–Kier alpha value is -5.77. The number of likely N-dealkylation sites (tertiary alicyclic amines) is 1. The first-order valence-electron chi connectivity index (χ1n) is 20.7. The Morgan fingerprint density at radius 1 is 1.00 bits per heavy atom. The Morgan fingerprint density at radius 2 is 1.79 bits per heavy atom. The van der Waals surface area contributed by atoms with E-state index >= 15 is 8.78 Å². The molecule has 2 saturated carbocycles. The summed E-state index contributed by atoms with van der Waals surface area (Å²) in [5.41, 5.74) is 2.34. The SMILES string of the molecule is CCN(C)SNc1ccc(F)c(Oc2ccc3ncn(C4CC5(CCN(C6CC7(C6)CN(c6cc8c(cc6F)c(N6CCC(=O)NC6=O)nn8C)C7)C5)C4)c(=O)c3c2)c1C#N. The van der Waals surface area contributed by atoms with E-state index in [9.17, 15) is 19.6 Å². The van der Waals surface area contributed by atoms with Crippen molar-refractivity contribution in [3.05, 3.63) is 76.3 Å². The predicted octanol–water partition coefficient (Wildman–Crippen LogP) is 6.29. The molecule has 5 aliphatic rings. The average Bonchev–Trinajstić information content (AvgIpc) is 3.78. The standard InChI is InChI=1S/C43H45F2N11O4S/c1-4-51(2)61-50-34-8-6-31(44)38(30(34)20-46)60-27-5-7-33-28(13-27)40(58)56(24-47-33)26-18-42(19-26)10-12-53(21-42)25-16-43(17-25)22-54(23-43)36-15-35-29(14-32(36)45)39(49-52(35)3)55-11-9-37(57)48-41(55)59/h5-8,13-15,24-26,50H,4,9-12,16-19,21-23H2,1-3H3,(H,48,57,59). The molecule has 3 aromatic carbocycles. The number of anilines is 3. The number of nitrogens with zero attached hydrogens (tertiary/aromatic N) is 9. The van der Waals surface area contributed by atoms with Gasteiger partial charge in [0.25, 0.3) is 5.56 Å². The highest BCUT2D eigenvalue weighted by molar-refractivity contribution is 7.98. The number of amides is 3. The maximum Gasteiger partial charge on any atom is 0.329 e. The lowest BCUT2D eigenvalue weighted by Gasteiger charge is -2.61. The molecule has 10 rings (SSSR count). The summed E-state index contributed by atoms with van der Waals surface area (Å²) >= 11 is 1.29. The van der Waals surface area contributed by atoms with Crippen LogP contribution in [0.3, 0.4) is 0 Å². The summed E-state index contributed by atoms with van der Waals surface area (Å²) in [6.45, 7) is 6.52. The Labute approximate surface area is 354 Å². The van der Waals surface area contributed by atoms with Gasteiger partial charge in [-0.3, -0.25) is 34.0 Å². The first kappa shape index (κ1) is 39.4. The predicted molar refractivity (Wildman–Crippen MR) is 227 cm³/mol. The molecule has 2 aliphatic carbocycles. The molecule has 3 amide bonds. The summed E-state index contributed by atoms with van der Waals surface area (Å²) in [6.07, 6.45) is 6.78. The fourth-order valence-corrected chi connectivity index (χ4v) is 10.8. The number of carbonyl (C=O) groups excluding carboxylic acids is 2. The van der Waals surface area contributed by atoms with Crippen molar-refractivity contribution in [2.45, 2.75) is 57.5 Å². The zero-order valence-electron chi connectivity index (χ0n) is 34.1. The summed E-state index contributed by atoms with van der Waals surface area (Å²) in [7, 11) is 3.66. The van der Waals surface area contributed by atoms with Gasteiger partial charge in [0.2, 0.25) is 5.91 Å². The highest BCUT2D eigenvalue weighted by Gasteiger charge is 2.57. The fourth-order valence-electron chi connectivity index (χ4n) is 10.2. The molecule has 5 aromatic rings. The van der Waals surface area contributed by atoms with E-state index in [-0.39, 0.29) is 64.2 Å². The number of rotatable bonds is 10. The molecule has 5 fully saturated rings. The number of hydrogen-bond acceptors (Lipinski definition) is 12. The zero-order chi connectivity index (χ0) is 42.4. The molecular formula is C43H45F2N11O4S. The molecular weight excluding hydrogens is 805 g/mol. The molecule has 316 valence electrons. The lowest BCUT2D eigenvalue weighted by Crippen LogP contribution is -2.66. The van der Waals surface area contributed by atoms with Gasteiger partial charge in [-0.25, -0.2) is 22.9 Å². The van der Waals surface area contributed by atoms with Crippen LogP contribution in [0.2, 0.25) is 0 Å². The molecule has 18 heteroatoms. The van der Waals surface area contributed by atoms with E-state index in [4.69, 9.17) is 4.74 Å². The van der Waals surface area contributed by atoms with Gasteiger partial charge < -0.3 is 14.4 Å². The van der Waals surface area contributed by atoms with Gasteiger partial charge in [0.1, 0.15) is 23.2 Å². The first-order chi connectivity index (χ1) is 29.3. The van der Waals surface area contributed by atoms with Crippen LogP contribution in [0.15, 0.2) is 53.6 Å². The number of imide groups is 1. The topological polar surface area (TPSA) is 157 Å². The number of aryl methyl sites for hydroxylation is 1. The lowest BCUT2D eigenvalue weighted by molar-refractivity contribution is -0.120. The highest BCUT2D eigenvalue weighted by Crippen LogP contribution is 2.58. The minimum absolute atomic E-state index is 0.0231. The van der Waals surface area contributed by atoms with Crippen molar-refractivity contribution in [3.63, 3.8) is 0 Å². The number of fused-ring (bicyclic) bond motifs is 2. The molecule has 3 saturated heterocycles. The fraction of sp³-hybridized carbons (Fsp3) is 0.442. The van der Waals surface area contributed by atoms with Crippen molar-refractivity contribution in [3.8, 4) is 17.6 Å². The van der Waals surface area contributed by atoms with Crippen LogP contribution in [0.5, 0.6) is 11.5 Å². The number of nitriles is 1. The van der Waals surface area contributed by atoms with Gasteiger partial charge in [-0.05, 0) is 93.6 Å². The third kappa shape index (κ3) is 6.73. The summed E-state index contributed by atoms with van der Waals surface area (Å²) < 4.78 is 45.1. The zero-order valence-corrected chi connectivity index (χ0v) is 34.9. The minimum atomic E-state index is -0.686. The van der Waals surface area contributed by atoms with Crippen LogP contribution in [-0.2, 0) is 11.8 Å². The molecule has 0 radical (unpaired) electrons. The molecule has 61 heavy (non-hydrogen) atoms. The first-order valence-corrected chi connectivity index (χ1v) is 21.4. The van der Waals surface area contributed by atoms with Crippen LogP contribution >= 0.6 is 12.1 Å². The Kier molecular flexibility index (Phi) is 9.49. The maximum absolute atomic E-state index is 15.7. The van der Waals surface area contributed by atoms with Gasteiger partial charge in [0.05, 0.1) is 34.1 Å². The van der Waals surface area contributed by atoms with Crippen molar-refractivity contribution < 1.29 is 23.1 Å². The second kappa shape index (κ2) is 14.7. The van der Waals surface area contributed by atoms with E-state index in [1.165, 1.54) is 35.2 Å². The molecule has 2 aromatic heterocycles. The molecule has 5 heterocycles. The summed E-state index contributed by atoms with van der Waals surface area (Å²) in [4.78, 5) is 48.8. The van der Waals surface area contributed by atoms with Crippen molar-refractivity contribution in [2.75, 3.05) is 60.8 Å². The molecule has 0 atom stereocenters. The molecule has 3 aliphatic heterocycles. The molecule has 0 unspecified atom stereocenters. The monoisotopic (exact) mass is 849 g/mol. The number of aromatic nitrogens is 4. The van der Waals surface area contributed by atoms with E-state index < -0.39 is 11.8 Å². The summed E-state index contributed by atoms with van der Waals surface area (Å²) in [5, 5.41) is 17.7. The Morgan fingerprint density at radius 3 is 2.54 bits per heavy atom. The Balaban J connectivity index is 0.760. The number of halogens is 2. The van der Waals surface area contributed by atoms with E-state index in [1.54, 1.807) is 40.8 Å². The van der Waals surface area contributed by atoms with E-state index in [0.29, 0.717) is 39.5 Å². The second-order valence-corrected chi connectivity index (χ2v) is 18.5. The van der Waals surface area contributed by atoms with Crippen LogP contribution < -0.4 is 30.1 Å².